The van der Waals surface area contributed by atoms with Crippen molar-refractivity contribution in [2.75, 3.05) is 43.9 Å². The Kier molecular flexibility index (Phi) is 39.8. The number of nitrogens with zero attached hydrogens (tertiary/aromatic N) is 1. The quantitative estimate of drug-likeness (QED) is 0.0334. The van der Waals surface area contributed by atoms with E-state index in [1.54, 1.807) is 0 Å². The third kappa shape index (κ3) is 31.5. The van der Waals surface area contributed by atoms with Crippen molar-refractivity contribution in [2.45, 2.75) is 218 Å². The minimum absolute atomic E-state index is 0.0338. The average molecular weight is 1310 g/mol. The van der Waals surface area contributed by atoms with Gasteiger partial charge in [0.25, 0.3) is 0 Å². The summed E-state index contributed by atoms with van der Waals surface area (Å²) in [7, 11) is 0. The van der Waals surface area contributed by atoms with Crippen molar-refractivity contribution in [2.24, 2.45) is 58.4 Å². The van der Waals surface area contributed by atoms with E-state index in [1.165, 1.54) is 24.3 Å². The zero-order valence-corrected chi connectivity index (χ0v) is 55.6. The predicted molar refractivity (Wildman–Crippen MR) is 348 cm³/mol. The first-order valence-corrected chi connectivity index (χ1v) is 34.2. The smallest absolute Gasteiger partial charge is 0.305 e. The summed E-state index contributed by atoms with van der Waals surface area (Å²) in [6.07, 6.45) is 6.48. The van der Waals surface area contributed by atoms with Gasteiger partial charge in [0.2, 0.25) is 41.4 Å². The van der Waals surface area contributed by atoms with Crippen LogP contribution >= 0.6 is 24.4 Å². The van der Waals surface area contributed by atoms with Gasteiger partial charge in [-0.05, 0) is 134 Å². The van der Waals surface area contributed by atoms with Crippen LogP contribution in [0.15, 0.2) is 12.5 Å². The van der Waals surface area contributed by atoms with Crippen molar-refractivity contribution in [1.29, 1.82) is 0 Å². The second kappa shape index (κ2) is 44.6. The zero-order valence-electron chi connectivity index (χ0n) is 53.9. The van der Waals surface area contributed by atoms with Gasteiger partial charge < -0.3 is 70.2 Å². The minimum atomic E-state index is -1.71. The van der Waals surface area contributed by atoms with Crippen LogP contribution in [0, 0.1) is 35.5 Å². The number of thioether (sulfide) groups is 1. The van der Waals surface area contributed by atoms with Gasteiger partial charge in [-0.3, -0.25) is 57.5 Å². The first-order chi connectivity index (χ1) is 42.8. The molecule has 1 aliphatic rings. The molecule has 90 heavy (non-hydrogen) atoms. The molecule has 0 aromatic carbocycles. The summed E-state index contributed by atoms with van der Waals surface area (Å²) in [5.74, 6) is -12.1. The normalized spacial score (nSPS) is 20.6. The molecule has 17 N–H and O–H groups in total. The number of hydrogen-bond acceptors (Lipinski definition) is 19. The number of carboxylic acids is 1. The van der Waals surface area contributed by atoms with Crippen LogP contribution in [0.25, 0.3) is 0 Å². The number of amides is 7. The van der Waals surface area contributed by atoms with Crippen LogP contribution in [0.4, 0.5) is 0 Å². The third-order valence-corrected chi connectivity index (χ3v) is 17.4. The fourth-order valence-electron chi connectivity index (χ4n) is 10.4. The molecule has 0 radical (unpaired) electrons. The molecule has 11 atom stereocenters. The Bertz CT molecular complexity index is 2440. The number of nitrogens with one attached hydrogen (secondary N) is 8. The fourth-order valence-corrected chi connectivity index (χ4v) is 11.2. The summed E-state index contributed by atoms with van der Waals surface area (Å²) < 4.78 is 0. The number of aromatic amines is 1. The number of thiol groups is 1. The van der Waals surface area contributed by atoms with Gasteiger partial charge in [-0.25, -0.2) is 4.98 Å². The van der Waals surface area contributed by atoms with E-state index in [-0.39, 0.29) is 106 Å². The SMILES string of the molecule is CSCC[C@@H]1CC(=O)[C@@H](NC(=O)[C@H](CS)CC(=O)[C@H](CC(=O)O)NC(=O)[C@H](Cc2cnc[nH]2)NC(=O)[C@@H](N)CC(C)C)CCC(=O)NCCCC[C@@H](C(=O)C[C@@H](CCCCN)C(=O)N[C@H](C)C(C)C)NC(=O)[C@H](CCCCN)CC(=O)[C@H](CCCCN)NC1=O. The molecule has 0 saturated carbocycles. The highest BCUT2D eigenvalue weighted by molar-refractivity contribution is 7.98. The lowest BCUT2D eigenvalue weighted by Crippen LogP contribution is -2.56. The van der Waals surface area contributed by atoms with Gasteiger partial charge in [-0.1, -0.05) is 40.5 Å². The first-order valence-electron chi connectivity index (χ1n) is 32.1. The van der Waals surface area contributed by atoms with Gasteiger partial charge in [0.1, 0.15) is 6.04 Å². The minimum Gasteiger partial charge on any atom is -0.481 e. The zero-order chi connectivity index (χ0) is 67.3. The number of aromatic nitrogens is 2. The number of carbonyl (C=O) groups is 12. The monoisotopic (exact) mass is 1310 g/mol. The summed E-state index contributed by atoms with van der Waals surface area (Å²) in [6, 6.07) is -7.83. The standard InChI is InChI=1S/C62H107N13O13S2/c1-37(2)27-45(66)61(87)75-50(32-44-34-67-36-69-44)62(88)74-49(33-56(81)82)54(79)31-43(35-89)60(86)73-48-19-20-55(80)68-25-14-10-18-47(51(76)28-40(15-7-11-22-63)57(83)70-39(5)38(3)4)71-58(84)41(16-8-12-23-64)29-52(77)46(17-9-13-24-65)72-59(85)42(21-26-90-6)30-53(48)78/h34,36-43,45-50,89H,7-33,35,63-66H2,1-6H3,(H,67,69)(H,68,80)(H,70,83)(H,71,84)(H,72,85)(H,73,86)(H,74,88)(H,75,87)(H,81,82)/t39-,40-,41-,42-,43+,45+,46+,47+,48+,49+,50+/m1/s1. The van der Waals surface area contributed by atoms with Crippen LogP contribution in [0.5, 0.6) is 0 Å². The van der Waals surface area contributed by atoms with Crippen molar-refractivity contribution in [3.8, 4) is 0 Å². The Morgan fingerprint density at radius 1 is 0.722 bits per heavy atom. The van der Waals surface area contributed by atoms with Crippen LogP contribution in [-0.2, 0) is 64.0 Å². The van der Waals surface area contributed by atoms with Gasteiger partial charge in [0.15, 0.2) is 23.1 Å². The number of ketones is 4. The van der Waals surface area contributed by atoms with Crippen molar-refractivity contribution in [3.63, 3.8) is 0 Å². The molecule has 0 unspecified atom stereocenters. The Balaban J connectivity index is 2.62. The number of Topliss-reactive ketones (excluding diaryl/α,β-unsaturated/α-hetero) is 4. The molecule has 26 nitrogen and oxygen atoms in total. The topological polar surface area (TPSA) is 442 Å². The van der Waals surface area contributed by atoms with Crippen LogP contribution in [0.1, 0.15) is 175 Å². The molecule has 1 aromatic heterocycles. The Labute approximate surface area is 541 Å². The van der Waals surface area contributed by atoms with Gasteiger partial charge >= 0.3 is 5.97 Å². The molecule has 0 aliphatic carbocycles. The summed E-state index contributed by atoms with van der Waals surface area (Å²) in [5, 5.41) is 29.3. The third-order valence-electron chi connectivity index (χ3n) is 16.3. The average Bonchev–Trinajstić information content (AvgIpc) is 3.58. The van der Waals surface area contributed by atoms with E-state index in [9.17, 15) is 62.6 Å². The Morgan fingerprint density at radius 3 is 1.97 bits per heavy atom. The maximum absolute atomic E-state index is 14.6. The number of nitrogens with two attached hydrogens (primary N) is 4. The van der Waals surface area contributed by atoms with Crippen LogP contribution in [-0.4, -0.2) is 172 Å². The van der Waals surface area contributed by atoms with Gasteiger partial charge in [-0.2, -0.15) is 24.4 Å². The highest BCUT2D eigenvalue weighted by Crippen LogP contribution is 2.23. The fraction of sp³-hybridized carbons (Fsp3) is 0.758. The van der Waals surface area contributed by atoms with Crippen molar-refractivity contribution >= 4 is 94.8 Å². The summed E-state index contributed by atoms with van der Waals surface area (Å²) in [4.78, 5) is 175. The van der Waals surface area contributed by atoms with Crippen LogP contribution in [0.2, 0.25) is 0 Å². The summed E-state index contributed by atoms with van der Waals surface area (Å²) in [5.41, 5.74) is 24.1. The highest BCUT2D eigenvalue weighted by Gasteiger charge is 2.37. The Hall–Kier alpha value is -5.81. The van der Waals surface area contributed by atoms with Gasteiger partial charge in [0, 0.05) is 86.5 Å². The van der Waals surface area contributed by atoms with Gasteiger partial charge in [0.05, 0.1) is 48.9 Å². The molecule has 1 saturated heterocycles. The molecule has 1 aliphatic heterocycles. The largest absolute Gasteiger partial charge is 0.481 e. The molecule has 0 bridgehead atoms. The number of carboxylic acid groups (broad SMARTS) is 1. The number of carbonyl (C=O) groups excluding carboxylic acids is 11. The van der Waals surface area contributed by atoms with Crippen molar-refractivity contribution in [3.05, 3.63) is 18.2 Å². The molecule has 2 rings (SSSR count). The van der Waals surface area contributed by atoms with Crippen LogP contribution < -0.4 is 60.2 Å². The van der Waals surface area contributed by atoms with E-state index in [1.807, 2.05) is 40.9 Å². The van der Waals surface area contributed by atoms with Crippen LogP contribution in [0.3, 0.4) is 0 Å². The molecule has 510 valence electrons. The maximum atomic E-state index is 14.6. The second-order valence-corrected chi connectivity index (χ2v) is 26.0. The molecule has 2 heterocycles. The number of aliphatic carboxylic acids is 1. The first kappa shape index (κ1) is 80.3. The van der Waals surface area contributed by atoms with E-state index >= 15 is 0 Å². The van der Waals surface area contributed by atoms with E-state index in [4.69, 9.17) is 22.9 Å². The van der Waals surface area contributed by atoms with E-state index < -0.39 is 138 Å². The molecule has 0 spiro atoms. The van der Waals surface area contributed by atoms with E-state index in [0.717, 1.165) is 0 Å². The number of rotatable bonds is 37. The maximum Gasteiger partial charge on any atom is 0.305 e. The van der Waals surface area contributed by atoms with Crippen molar-refractivity contribution < 1.29 is 62.6 Å². The van der Waals surface area contributed by atoms with E-state index in [2.05, 4.69) is 59.8 Å². The van der Waals surface area contributed by atoms with E-state index in [0.29, 0.717) is 88.9 Å². The number of hydrogen-bond donors (Lipinski definition) is 14. The molecule has 28 heteroatoms. The highest BCUT2D eigenvalue weighted by atomic mass is 32.2. The molecule has 7 amide bonds. The lowest BCUT2D eigenvalue weighted by atomic mass is 9.88. The second-order valence-electron chi connectivity index (χ2n) is 24.6. The number of unbranched alkanes of at least 4 members (excludes halogenated alkanes) is 3. The predicted octanol–water partition coefficient (Wildman–Crippen LogP) is 1.84. The molecular weight excluding hydrogens is 1200 g/mol. The van der Waals surface area contributed by atoms with Gasteiger partial charge in [-0.15, -0.1) is 0 Å². The lowest BCUT2D eigenvalue weighted by molar-refractivity contribution is -0.141. The van der Waals surface area contributed by atoms with Crippen molar-refractivity contribution in [1.82, 2.24) is 47.2 Å². The molecule has 1 aromatic rings. The molecule has 1 fully saturated rings. The Morgan fingerprint density at radius 2 is 1.36 bits per heavy atom. The summed E-state index contributed by atoms with van der Waals surface area (Å²) >= 11 is 5.76. The lowest BCUT2D eigenvalue weighted by Gasteiger charge is -2.27. The number of H-pyrrole nitrogens is 1. The summed E-state index contributed by atoms with van der Waals surface area (Å²) in [6.45, 7) is 10.7. The number of imidazole rings is 1. The molecular formula is C62H107N13O13S2.